The first-order valence-electron chi connectivity index (χ1n) is 5.75. The zero-order valence-electron chi connectivity index (χ0n) is 11.0. The molecule has 2 heterocycles. The summed E-state index contributed by atoms with van der Waals surface area (Å²) in [6, 6.07) is 2.85. The lowest BCUT2D eigenvalue weighted by molar-refractivity contribution is 0.0720. The second kappa shape index (κ2) is 4.95. The molecule has 0 saturated carbocycles. The van der Waals surface area contributed by atoms with E-state index in [0.29, 0.717) is 11.5 Å². The molecule has 2 rings (SSSR count). The van der Waals surface area contributed by atoms with Gasteiger partial charge in [-0.2, -0.15) is 17.0 Å². The highest BCUT2D eigenvalue weighted by molar-refractivity contribution is 7.86. The van der Waals surface area contributed by atoms with Crippen LogP contribution >= 0.6 is 0 Å². The fourth-order valence-corrected chi connectivity index (χ4v) is 2.90. The van der Waals surface area contributed by atoms with Gasteiger partial charge in [0.1, 0.15) is 17.6 Å². The Kier molecular flexibility index (Phi) is 3.66. The van der Waals surface area contributed by atoms with E-state index in [-0.39, 0.29) is 19.2 Å². The van der Waals surface area contributed by atoms with Crippen LogP contribution in [-0.4, -0.2) is 50.3 Å². The van der Waals surface area contributed by atoms with E-state index in [9.17, 15) is 13.2 Å². The minimum atomic E-state index is -3.38. The summed E-state index contributed by atoms with van der Waals surface area (Å²) in [5, 5.41) is 0. The molecule has 0 amide bonds. The maximum atomic E-state index is 11.8. The Morgan fingerprint density at radius 3 is 2.53 bits per heavy atom. The fourth-order valence-electron chi connectivity index (χ4n) is 1.73. The van der Waals surface area contributed by atoms with Crippen molar-refractivity contribution in [3.05, 3.63) is 28.3 Å². The highest BCUT2D eigenvalue weighted by Crippen LogP contribution is 2.21. The maximum absolute atomic E-state index is 11.8. The summed E-state index contributed by atoms with van der Waals surface area (Å²) >= 11 is 0. The molecule has 1 aromatic heterocycles. The number of rotatable bonds is 4. The van der Waals surface area contributed by atoms with Gasteiger partial charge in [0, 0.05) is 20.2 Å². The highest BCUT2D eigenvalue weighted by atomic mass is 32.2. The summed E-state index contributed by atoms with van der Waals surface area (Å²) < 4.78 is 36.3. The van der Waals surface area contributed by atoms with Gasteiger partial charge in [0.25, 0.3) is 10.2 Å². The van der Waals surface area contributed by atoms with Crippen molar-refractivity contribution >= 4 is 10.2 Å². The van der Waals surface area contributed by atoms with Crippen LogP contribution in [0.15, 0.2) is 21.3 Å². The molecule has 19 heavy (non-hydrogen) atoms. The lowest BCUT2D eigenvalue weighted by Crippen LogP contribution is -2.58. The number of nitrogens with zero attached hydrogens (tertiary/aromatic N) is 2. The van der Waals surface area contributed by atoms with Gasteiger partial charge in [0.15, 0.2) is 0 Å². The molecule has 0 aromatic carbocycles. The van der Waals surface area contributed by atoms with E-state index in [4.69, 9.17) is 9.15 Å². The van der Waals surface area contributed by atoms with E-state index >= 15 is 0 Å². The molecule has 1 aliphatic rings. The van der Waals surface area contributed by atoms with Crippen LogP contribution in [-0.2, 0) is 10.2 Å². The van der Waals surface area contributed by atoms with Gasteiger partial charge >= 0.3 is 5.63 Å². The van der Waals surface area contributed by atoms with Crippen LogP contribution in [0.25, 0.3) is 0 Å². The summed E-state index contributed by atoms with van der Waals surface area (Å²) in [6.07, 6.45) is -0.240. The third-order valence-electron chi connectivity index (χ3n) is 2.77. The maximum Gasteiger partial charge on any atom is 0.339 e. The molecule has 0 aliphatic carbocycles. The minimum Gasteiger partial charge on any atom is -0.487 e. The van der Waals surface area contributed by atoms with Crippen molar-refractivity contribution in [2.24, 2.45) is 0 Å². The first-order valence-corrected chi connectivity index (χ1v) is 7.15. The van der Waals surface area contributed by atoms with Gasteiger partial charge in [0.05, 0.1) is 19.2 Å². The lowest BCUT2D eigenvalue weighted by atomic mass is 10.2. The largest absolute Gasteiger partial charge is 0.487 e. The van der Waals surface area contributed by atoms with E-state index in [2.05, 4.69) is 0 Å². The molecule has 0 atom stereocenters. The smallest absolute Gasteiger partial charge is 0.339 e. The van der Waals surface area contributed by atoms with Crippen molar-refractivity contribution in [1.29, 1.82) is 0 Å². The molecule has 1 fully saturated rings. The number of aryl methyl sites for hydroxylation is 1. The highest BCUT2D eigenvalue weighted by Gasteiger charge is 2.38. The topological polar surface area (TPSA) is 80.1 Å². The summed E-state index contributed by atoms with van der Waals surface area (Å²) in [5.41, 5.74) is -0.480. The number of ether oxygens (including phenoxy) is 1. The predicted octanol–water partition coefficient (Wildman–Crippen LogP) is -0.182. The summed E-state index contributed by atoms with van der Waals surface area (Å²) in [5.74, 6) is 0.861. The Labute approximate surface area is 111 Å². The van der Waals surface area contributed by atoms with Gasteiger partial charge in [0.2, 0.25) is 0 Å². The van der Waals surface area contributed by atoms with E-state index in [1.165, 1.54) is 24.5 Å². The number of hydrogen-bond donors (Lipinski definition) is 0. The van der Waals surface area contributed by atoms with Crippen molar-refractivity contribution in [1.82, 2.24) is 8.61 Å². The molecular weight excluding hydrogens is 272 g/mol. The quantitative estimate of drug-likeness (QED) is 0.767. The standard InChI is InChI=1S/C11H16N2O5S/c1-8-4-9(5-11(14)17-8)18-10-6-13(7-10)19(15,16)12(2)3/h4-5,10H,6-7H2,1-3H3. The first-order chi connectivity index (χ1) is 8.79. The van der Waals surface area contributed by atoms with Crippen LogP contribution in [0.3, 0.4) is 0 Å². The van der Waals surface area contributed by atoms with Gasteiger partial charge in [-0.15, -0.1) is 0 Å². The van der Waals surface area contributed by atoms with Crippen LogP contribution in [0.1, 0.15) is 5.76 Å². The molecular formula is C11H16N2O5S. The molecule has 0 radical (unpaired) electrons. The SMILES string of the molecule is Cc1cc(OC2CN(S(=O)(=O)N(C)C)C2)cc(=O)o1. The zero-order chi connectivity index (χ0) is 14.2. The molecule has 0 bridgehead atoms. The van der Waals surface area contributed by atoms with Crippen molar-refractivity contribution in [2.75, 3.05) is 27.2 Å². The van der Waals surface area contributed by atoms with Crippen molar-refractivity contribution < 1.29 is 17.6 Å². The Hall–Kier alpha value is -1.38. The summed E-state index contributed by atoms with van der Waals surface area (Å²) in [4.78, 5) is 11.2. The van der Waals surface area contributed by atoms with Crippen molar-refractivity contribution in [2.45, 2.75) is 13.0 Å². The van der Waals surface area contributed by atoms with Crippen LogP contribution in [0.2, 0.25) is 0 Å². The summed E-state index contributed by atoms with van der Waals surface area (Å²) in [7, 11) is -0.412. The van der Waals surface area contributed by atoms with Crippen LogP contribution in [0.4, 0.5) is 0 Å². The van der Waals surface area contributed by atoms with Gasteiger partial charge in [-0.3, -0.25) is 0 Å². The Morgan fingerprint density at radius 1 is 1.37 bits per heavy atom. The molecule has 1 aliphatic heterocycles. The normalized spacial score (nSPS) is 17.5. The first kappa shape index (κ1) is 14.0. The molecule has 1 aromatic rings. The van der Waals surface area contributed by atoms with E-state index < -0.39 is 15.8 Å². The average molecular weight is 288 g/mol. The monoisotopic (exact) mass is 288 g/mol. The fraction of sp³-hybridized carbons (Fsp3) is 0.545. The number of hydrogen-bond acceptors (Lipinski definition) is 5. The Morgan fingerprint density at radius 2 is 2.00 bits per heavy atom. The van der Waals surface area contributed by atoms with Crippen LogP contribution in [0.5, 0.6) is 5.75 Å². The summed E-state index contributed by atoms with van der Waals surface area (Å²) in [6.45, 7) is 2.21. The Bertz CT molecular complexity index is 616. The van der Waals surface area contributed by atoms with Gasteiger partial charge in [-0.25, -0.2) is 4.79 Å². The van der Waals surface area contributed by atoms with Crippen LogP contribution < -0.4 is 10.4 Å². The average Bonchev–Trinajstić information content (AvgIpc) is 2.20. The predicted molar refractivity (Wildman–Crippen MR) is 68.3 cm³/mol. The molecule has 1 saturated heterocycles. The van der Waals surface area contributed by atoms with E-state index in [1.54, 1.807) is 13.0 Å². The molecule has 8 heteroatoms. The Balaban J connectivity index is 1.97. The van der Waals surface area contributed by atoms with Gasteiger partial charge in [-0.1, -0.05) is 0 Å². The lowest BCUT2D eigenvalue weighted by Gasteiger charge is -2.38. The van der Waals surface area contributed by atoms with Crippen LogP contribution in [0, 0.1) is 6.92 Å². The molecule has 0 unspecified atom stereocenters. The third-order valence-corrected chi connectivity index (χ3v) is 4.65. The van der Waals surface area contributed by atoms with Crippen molar-refractivity contribution in [3.8, 4) is 5.75 Å². The second-order valence-corrected chi connectivity index (χ2v) is 6.71. The molecule has 7 nitrogen and oxygen atoms in total. The second-order valence-electron chi connectivity index (χ2n) is 4.57. The minimum absolute atomic E-state index is 0.240. The molecule has 106 valence electrons. The molecule has 0 N–H and O–H groups in total. The molecule has 0 spiro atoms. The zero-order valence-corrected chi connectivity index (χ0v) is 11.8. The van der Waals surface area contributed by atoms with E-state index in [1.807, 2.05) is 0 Å². The third kappa shape index (κ3) is 2.96. The van der Waals surface area contributed by atoms with Crippen molar-refractivity contribution in [3.63, 3.8) is 0 Å². The van der Waals surface area contributed by atoms with E-state index in [0.717, 1.165) is 4.31 Å². The van der Waals surface area contributed by atoms with Gasteiger partial charge in [-0.05, 0) is 6.92 Å². The van der Waals surface area contributed by atoms with Gasteiger partial charge < -0.3 is 9.15 Å².